The molecular weight excluding hydrogens is 378 g/mol. The Morgan fingerprint density at radius 2 is 1.79 bits per heavy atom. The number of aliphatic carboxylic acids is 1. The van der Waals surface area contributed by atoms with Crippen LogP contribution in [-0.4, -0.2) is 23.5 Å². The molecule has 1 aliphatic rings. The summed E-state index contributed by atoms with van der Waals surface area (Å²) >= 11 is 6.63. The molecular formula is C13H13Br2NO3. The fourth-order valence-corrected chi connectivity index (χ4v) is 3.40. The Morgan fingerprint density at radius 1 is 1.21 bits per heavy atom. The minimum absolute atomic E-state index is 0.186. The van der Waals surface area contributed by atoms with E-state index in [2.05, 4.69) is 37.2 Å². The van der Waals surface area contributed by atoms with E-state index >= 15 is 0 Å². The van der Waals surface area contributed by atoms with Crippen molar-refractivity contribution in [3.8, 4) is 0 Å². The Morgan fingerprint density at radius 3 is 2.21 bits per heavy atom. The summed E-state index contributed by atoms with van der Waals surface area (Å²) in [6.45, 7) is 0.186. The van der Waals surface area contributed by atoms with Gasteiger partial charge >= 0.3 is 5.97 Å². The quantitative estimate of drug-likeness (QED) is 0.829. The first-order valence-corrected chi connectivity index (χ1v) is 7.49. The zero-order valence-electron chi connectivity index (χ0n) is 10.1. The molecule has 4 nitrogen and oxygen atoms in total. The predicted octanol–water partition coefficient (Wildman–Crippen LogP) is 3.20. The molecule has 1 fully saturated rings. The van der Waals surface area contributed by atoms with Gasteiger partial charge in [0.1, 0.15) is 0 Å². The maximum absolute atomic E-state index is 12.0. The topological polar surface area (TPSA) is 66.4 Å². The first-order chi connectivity index (χ1) is 8.93. The lowest BCUT2D eigenvalue weighted by atomic mass is 9.69. The van der Waals surface area contributed by atoms with Gasteiger partial charge in [-0.25, -0.2) is 0 Å². The lowest BCUT2D eigenvalue weighted by molar-refractivity contribution is -0.153. The molecule has 0 heterocycles. The molecule has 0 atom stereocenters. The van der Waals surface area contributed by atoms with Crippen LogP contribution < -0.4 is 5.32 Å². The van der Waals surface area contributed by atoms with Gasteiger partial charge in [0.2, 0.25) is 0 Å². The molecule has 1 aromatic carbocycles. The van der Waals surface area contributed by atoms with Crippen LogP contribution in [0.1, 0.15) is 29.6 Å². The van der Waals surface area contributed by atoms with Gasteiger partial charge in [0, 0.05) is 21.1 Å². The normalized spacial score (nSPS) is 16.5. The lowest BCUT2D eigenvalue weighted by Gasteiger charge is -2.37. The molecule has 0 aromatic heterocycles. The van der Waals surface area contributed by atoms with Crippen LogP contribution in [0.5, 0.6) is 0 Å². The van der Waals surface area contributed by atoms with Crippen LogP contribution in [0.4, 0.5) is 0 Å². The number of rotatable bonds is 4. The van der Waals surface area contributed by atoms with Crippen LogP contribution >= 0.6 is 31.9 Å². The van der Waals surface area contributed by atoms with Crippen LogP contribution in [0.3, 0.4) is 0 Å². The van der Waals surface area contributed by atoms with E-state index in [1.54, 1.807) is 12.1 Å². The number of carboxylic acids is 1. The third-order valence-corrected chi connectivity index (χ3v) is 4.39. The largest absolute Gasteiger partial charge is 0.481 e. The number of benzene rings is 1. The third-order valence-electron chi connectivity index (χ3n) is 3.48. The number of halogens is 2. The van der Waals surface area contributed by atoms with Crippen molar-refractivity contribution in [2.45, 2.75) is 19.3 Å². The molecule has 0 aliphatic heterocycles. The molecule has 0 bridgehead atoms. The second-order valence-electron chi connectivity index (χ2n) is 4.78. The summed E-state index contributed by atoms with van der Waals surface area (Å²) in [5, 5.41) is 11.9. The maximum atomic E-state index is 12.0. The van der Waals surface area contributed by atoms with E-state index in [4.69, 9.17) is 0 Å². The number of hydrogen-bond donors (Lipinski definition) is 2. The molecule has 1 aromatic rings. The minimum Gasteiger partial charge on any atom is -0.481 e. The molecule has 1 saturated carbocycles. The number of amides is 1. The van der Waals surface area contributed by atoms with Gasteiger partial charge in [-0.2, -0.15) is 0 Å². The van der Waals surface area contributed by atoms with Crippen LogP contribution in [0, 0.1) is 5.41 Å². The van der Waals surface area contributed by atoms with Crippen molar-refractivity contribution in [1.82, 2.24) is 5.32 Å². The summed E-state index contributed by atoms with van der Waals surface area (Å²) in [5.74, 6) is -1.08. The van der Waals surface area contributed by atoms with E-state index in [1.807, 2.05) is 6.07 Å². The molecule has 1 aliphatic carbocycles. The number of hydrogen-bond acceptors (Lipinski definition) is 2. The fourth-order valence-electron chi connectivity index (χ4n) is 2.11. The second kappa shape index (κ2) is 5.63. The molecule has 0 saturated heterocycles. The van der Waals surface area contributed by atoms with Gasteiger partial charge in [0.25, 0.3) is 5.91 Å². The fraction of sp³-hybridized carbons (Fsp3) is 0.385. The van der Waals surface area contributed by atoms with E-state index in [1.165, 1.54) is 0 Å². The molecule has 102 valence electrons. The molecule has 1 amide bonds. The first-order valence-electron chi connectivity index (χ1n) is 5.91. The monoisotopic (exact) mass is 389 g/mol. The van der Waals surface area contributed by atoms with Crippen molar-refractivity contribution in [3.05, 3.63) is 32.7 Å². The zero-order chi connectivity index (χ0) is 14.0. The van der Waals surface area contributed by atoms with Crippen molar-refractivity contribution in [2.24, 2.45) is 5.41 Å². The summed E-state index contributed by atoms with van der Waals surface area (Å²) in [6.07, 6.45) is 2.17. The highest BCUT2D eigenvalue weighted by Gasteiger charge is 2.44. The van der Waals surface area contributed by atoms with Gasteiger partial charge in [-0.05, 0) is 31.0 Å². The van der Waals surface area contributed by atoms with E-state index in [-0.39, 0.29) is 12.5 Å². The van der Waals surface area contributed by atoms with Gasteiger partial charge in [-0.15, -0.1) is 0 Å². The van der Waals surface area contributed by atoms with E-state index in [0.717, 1.165) is 15.4 Å². The second-order valence-corrected chi connectivity index (χ2v) is 6.61. The van der Waals surface area contributed by atoms with Crippen molar-refractivity contribution in [3.63, 3.8) is 0 Å². The Bertz CT molecular complexity index is 506. The average Bonchev–Trinajstić information content (AvgIpc) is 2.25. The Hall–Kier alpha value is -0.880. The van der Waals surface area contributed by atoms with Gasteiger partial charge in [-0.1, -0.05) is 38.3 Å². The Kier molecular flexibility index (Phi) is 4.30. The molecule has 0 spiro atoms. The molecule has 19 heavy (non-hydrogen) atoms. The summed E-state index contributed by atoms with van der Waals surface area (Å²) in [5.41, 5.74) is -0.264. The average molecular weight is 391 g/mol. The van der Waals surface area contributed by atoms with Gasteiger partial charge in [0.05, 0.1) is 5.41 Å². The standard InChI is InChI=1S/C13H13Br2NO3/c14-9-4-8(5-10(15)6-9)11(17)16-7-13(12(18)19)2-1-3-13/h4-6H,1-3,7H2,(H,16,17)(H,18,19). The molecule has 6 heteroatoms. The predicted molar refractivity (Wildman–Crippen MR) is 78.1 cm³/mol. The summed E-state index contributed by atoms with van der Waals surface area (Å²) in [4.78, 5) is 23.2. The lowest BCUT2D eigenvalue weighted by Crippen LogP contribution is -2.47. The third kappa shape index (κ3) is 3.17. The van der Waals surface area contributed by atoms with Gasteiger partial charge in [-0.3, -0.25) is 9.59 Å². The summed E-state index contributed by atoms with van der Waals surface area (Å²) in [7, 11) is 0. The highest BCUT2D eigenvalue weighted by molar-refractivity contribution is 9.11. The number of carboxylic acid groups (broad SMARTS) is 1. The zero-order valence-corrected chi connectivity index (χ0v) is 13.3. The smallest absolute Gasteiger partial charge is 0.311 e. The molecule has 0 radical (unpaired) electrons. The van der Waals surface area contributed by atoms with Crippen LogP contribution in [0.15, 0.2) is 27.1 Å². The van der Waals surface area contributed by atoms with Crippen LogP contribution in [0.25, 0.3) is 0 Å². The van der Waals surface area contributed by atoms with Crippen molar-refractivity contribution >= 4 is 43.7 Å². The minimum atomic E-state index is -0.825. The van der Waals surface area contributed by atoms with Crippen molar-refractivity contribution < 1.29 is 14.7 Å². The van der Waals surface area contributed by atoms with Crippen LogP contribution in [-0.2, 0) is 4.79 Å². The number of carbonyl (C=O) groups is 2. The Balaban J connectivity index is 2.03. The summed E-state index contributed by atoms with van der Waals surface area (Å²) < 4.78 is 1.59. The summed E-state index contributed by atoms with van der Waals surface area (Å²) in [6, 6.07) is 5.24. The Labute approximate surface area is 127 Å². The molecule has 2 N–H and O–H groups in total. The van der Waals surface area contributed by atoms with Crippen molar-refractivity contribution in [2.75, 3.05) is 6.54 Å². The van der Waals surface area contributed by atoms with E-state index in [0.29, 0.717) is 18.4 Å². The van der Waals surface area contributed by atoms with E-state index < -0.39 is 11.4 Å². The van der Waals surface area contributed by atoms with Gasteiger partial charge in [0.15, 0.2) is 0 Å². The van der Waals surface area contributed by atoms with Gasteiger partial charge < -0.3 is 10.4 Å². The first kappa shape index (κ1) is 14.5. The number of carbonyl (C=O) groups excluding carboxylic acids is 1. The van der Waals surface area contributed by atoms with E-state index in [9.17, 15) is 14.7 Å². The van der Waals surface area contributed by atoms with Crippen LogP contribution in [0.2, 0.25) is 0 Å². The highest BCUT2D eigenvalue weighted by atomic mass is 79.9. The maximum Gasteiger partial charge on any atom is 0.311 e. The SMILES string of the molecule is O=C(NCC1(C(=O)O)CCC1)c1cc(Br)cc(Br)c1. The molecule has 0 unspecified atom stereocenters. The molecule has 2 rings (SSSR count). The number of nitrogens with one attached hydrogen (secondary N) is 1. The highest BCUT2D eigenvalue weighted by Crippen LogP contribution is 2.40. The van der Waals surface area contributed by atoms with Crippen molar-refractivity contribution in [1.29, 1.82) is 0 Å².